The van der Waals surface area contributed by atoms with E-state index in [-0.39, 0.29) is 0 Å². The van der Waals surface area contributed by atoms with Gasteiger partial charge >= 0.3 is 0 Å². The van der Waals surface area contributed by atoms with Gasteiger partial charge in [0.15, 0.2) is 0 Å². The van der Waals surface area contributed by atoms with Crippen LogP contribution in [0.25, 0.3) is 0 Å². The Bertz CT molecular complexity index is 204. The summed E-state index contributed by atoms with van der Waals surface area (Å²) in [5.41, 5.74) is 5.74. The Morgan fingerprint density at radius 2 is 2.31 bits per heavy atom. The summed E-state index contributed by atoms with van der Waals surface area (Å²) >= 11 is 0. The molecule has 2 aliphatic heterocycles. The molecule has 94 valence electrons. The van der Waals surface area contributed by atoms with E-state index in [9.17, 15) is 0 Å². The van der Waals surface area contributed by atoms with Crippen molar-refractivity contribution < 1.29 is 4.74 Å². The fourth-order valence-corrected chi connectivity index (χ4v) is 3.09. The van der Waals surface area contributed by atoms with Gasteiger partial charge in [-0.05, 0) is 58.0 Å². The van der Waals surface area contributed by atoms with Gasteiger partial charge < -0.3 is 15.4 Å². The van der Waals surface area contributed by atoms with E-state index in [1.54, 1.807) is 0 Å². The summed E-state index contributed by atoms with van der Waals surface area (Å²) in [6, 6.07) is 0.734. The standard InChI is InChI=1S/C13H26N2O/c1-11-8-12(9-14)10-15(11)6-2-4-13-5-3-7-16-13/h11-13H,2-10,14H2,1H3. The second-order valence-electron chi connectivity index (χ2n) is 5.46. The molecular weight excluding hydrogens is 200 g/mol. The molecule has 0 bridgehead atoms. The molecule has 3 heteroatoms. The van der Waals surface area contributed by atoms with Crippen LogP contribution in [0.2, 0.25) is 0 Å². The maximum Gasteiger partial charge on any atom is 0.0576 e. The molecule has 0 radical (unpaired) electrons. The lowest BCUT2D eigenvalue weighted by Gasteiger charge is -2.21. The van der Waals surface area contributed by atoms with E-state index in [0.717, 1.165) is 25.1 Å². The van der Waals surface area contributed by atoms with Crippen molar-refractivity contribution in [2.75, 3.05) is 26.2 Å². The van der Waals surface area contributed by atoms with E-state index in [1.165, 1.54) is 45.2 Å². The third-order valence-corrected chi connectivity index (χ3v) is 4.12. The molecule has 16 heavy (non-hydrogen) atoms. The van der Waals surface area contributed by atoms with Crippen molar-refractivity contribution in [1.82, 2.24) is 4.90 Å². The molecule has 2 aliphatic rings. The Labute approximate surface area is 99.3 Å². The fraction of sp³-hybridized carbons (Fsp3) is 1.00. The zero-order chi connectivity index (χ0) is 11.4. The smallest absolute Gasteiger partial charge is 0.0576 e. The van der Waals surface area contributed by atoms with Gasteiger partial charge in [-0.2, -0.15) is 0 Å². The second-order valence-corrected chi connectivity index (χ2v) is 5.46. The first-order valence-corrected chi connectivity index (χ1v) is 6.85. The van der Waals surface area contributed by atoms with Crippen molar-refractivity contribution in [2.45, 2.75) is 51.2 Å². The first-order valence-electron chi connectivity index (χ1n) is 6.85. The summed E-state index contributed by atoms with van der Waals surface area (Å²) in [5, 5.41) is 0. The molecule has 0 amide bonds. The Balaban J connectivity index is 1.62. The van der Waals surface area contributed by atoms with Gasteiger partial charge in [0.1, 0.15) is 0 Å². The van der Waals surface area contributed by atoms with Crippen molar-refractivity contribution >= 4 is 0 Å². The van der Waals surface area contributed by atoms with E-state index in [1.807, 2.05) is 0 Å². The minimum absolute atomic E-state index is 0.559. The number of nitrogens with two attached hydrogens (primary N) is 1. The Kier molecular flexibility index (Phi) is 4.62. The molecule has 3 atom stereocenters. The average Bonchev–Trinajstić information content (AvgIpc) is 2.89. The minimum Gasteiger partial charge on any atom is -0.378 e. The lowest BCUT2D eigenvalue weighted by atomic mass is 10.1. The van der Waals surface area contributed by atoms with E-state index >= 15 is 0 Å². The number of hydrogen-bond donors (Lipinski definition) is 1. The molecule has 0 aliphatic carbocycles. The molecule has 2 N–H and O–H groups in total. The van der Waals surface area contributed by atoms with Gasteiger partial charge in [-0.3, -0.25) is 0 Å². The van der Waals surface area contributed by atoms with Gasteiger partial charge in [0.05, 0.1) is 6.10 Å². The van der Waals surface area contributed by atoms with Gasteiger partial charge in [-0.25, -0.2) is 0 Å². The maximum absolute atomic E-state index is 5.74. The highest BCUT2D eigenvalue weighted by Crippen LogP contribution is 2.23. The molecule has 2 saturated heterocycles. The summed E-state index contributed by atoms with van der Waals surface area (Å²) in [5.74, 6) is 0.734. The van der Waals surface area contributed by atoms with Crippen LogP contribution in [0.15, 0.2) is 0 Å². The topological polar surface area (TPSA) is 38.5 Å². The molecule has 0 spiro atoms. The average molecular weight is 226 g/mol. The fourth-order valence-electron chi connectivity index (χ4n) is 3.09. The van der Waals surface area contributed by atoms with E-state index in [4.69, 9.17) is 10.5 Å². The monoisotopic (exact) mass is 226 g/mol. The zero-order valence-corrected chi connectivity index (χ0v) is 10.5. The second kappa shape index (κ2) is 5.99. The third-order valence-electron chi connectivity index (χ3n) is 4.12. The van der Waals surface area contributed by atoms with Crippen molar-refractivity contribution in [3.05, 3.63) is 0 Å². The molecular formula is C13H26N2O. The first-order chi connectivity index (χ1) is 7.79. The summed E-state index contributed by atoms with van der Waals surface area (Å²) in [7, 11) is 0. The van der Waals surface area contributed by atoms with Crippen LogP contribution in [0.1, 0.15) is 39.0 Å². The SMILES string of the molecule is CC1CC(CN)CN1CCCC1CCCO1. The molecule has 0 aromatic carbocycles. The lowest BCUT2D eigenvalue weighted by molar-refractivity contribution is 0.0983. The first kappa shape index (κ1) is 12.3. The molecule has 2 rings (SSSR count). The van der Waals surface area contributed by atoms with Crippen LogP contribution in [-0.4, -0.2) is 43.3 Å². The third kappa shape index (κ3) is 3.19. The van der Waals surface area contributed by atoms with Crippen molar-refractivity contribution in [1.29, 1.82) is 0 Å². The summed E-state index contributed by atoms with van der Waals surface area (Å²) in [6.07, 6.45) is 6.92. The summed E-state index contributed by atoms with van der Waals surface area (Å²) < 4.78 is 5.65. The molecule has 2 fully saturated rings. The number of rotatable bonds is 5. The lowest BCUT2D eigenvalue weighted by Crippen LogP contribution is -2.29. The van der Waals surface area contributed by atoms with Gasteiger partial charge in [-0.1, -0.05) is 0 Å². The molecule has 0 aromatic heterocycles. The molecule has 0 saturated carbocycles. The highest BCUT2D eigenvalue weighted by Gasteiger charge is 2.27. The number of likely N-dealkylation sites (tertiary alicyclic amines) is 1. The van der Waals surface area contributed by atoms with Crippen LogP contribution < -0.4 is 5.73 Å². The highest BCUT2D eigenvalue weighted by molar-refractivity contribution is 4.82. The van der Waals surface area contributed by atoms with E-state index in [0.29, 0.717) is 6.10 Å². The largest absolute Gasteiger partial charge is 0.378 e. The normalized spacial score (nSPS) is 36.0. The van der Waals surface area contributed by atoms with Gasteiger partial charge in [0.2, 0.25) is 0 Å². The molecule has 2 heterocycles. The van der Waals surface area contributed by atoms with Gasteiger partial charge in [-0.15, -0.1) is 0 Å². The Morgan fingerprint density at radius 1 is 1.44 bits per heavy atom. The van der Waals surface area contributed by atoms with Crippen LogP contribution in [0.3, 0.4) is 0 Å². The Hall–Kier alpha value is -0.120. The van der Waals surface area contributed by atoms with Crippen LogP contribution in [0.5, 0.6) is 0 Å². The van der Waals surface area contributed by atoms with E-state index < -0.39 is 0 Å². The number of nitrogens with zero attached hydrogens (tertiary/aromatic N) is 1. The summed E-state index contributed by atoms with van der Waals surface area (Å²) in [4.78, 5) is 2.60. The Morgan fingerprint density at radius 3 is 2.94 bits per heavy atom. The van der Waals surface area contributed by atoms with Crippen molar-refractivity contribution in [3.8, 4) is 0 Å². The van der Waals surface area contributed by atoms with Crippen LogP contribution in [0.4, 0.5) is 0 Å². The van der Waals surface area contributed by atoms with Gasteiger partial charge in [0.25, 0.3) is 0 Å². The summed E-state index contributed by atoms with van der Waals surface area (Å²) in [6.45, 7) is 6.62. The predicted molar refractivity (Wildman–Crippen MR) is 66.4 cm³/mol. The number of hydrogen-bond acceptors (Lipinski definition) is 3. The van der Waals surface area contributed by atoms with Crippen LogP contribution >= 0.6 is 0 Å². The van der Waals surface area contributed by atoms with Crippen LogP contribution in [0, 0.1) is 5.92 Å². The molecule has 0 aromatic rings. The number of ether oxygens (including phenoxy) is 1. The van der Waals surface area contributed by atoms with Crippen LogP contribution in [-0.2, 0) is 4.74 Å². The van der Waals surface area contributed by atoms with E-state index in [2.05, 4.69) is 11.8 Å². The van der Waals surface area contributed by atoms with Gasteiger partial charge in [0, 0.05) is 19.2 Å². The minimum atomic E-state index is 0.559. The maximum atomic E-state index is 5.74. The quantitative estimate of drug-likeness (QED) is 0.774. The van der Waals surface area contributed by atoms with Crippen molar-refractivity contribution in [2.24, 2.45) is 11.7 Å². The molecule has 3 unspecified atom stereocenters. The molecule has 3 nitrogen and oxygen atoms in total. The zero-order valence-electron chi connectivity index (χ0n) is 10.5. The highest BCUT2D eigenvalue weighted by atomic mass is 16.5. The predicted octanol–water partition coefficient (Wildman–Crippen LogP) is 1.61. The van der Waals surface area contributed by atoms with Crippen molar-refractivity contribution in [3.63, 3.8) is 0 Å².